The van der Waals surface area contributed by atoms with Crippen LogP contribution in [0.15, 0.2) is 16.7 Å². The van der Waals surface area contributed by atoms with Gasteiger partial charge in [0.05, 0.1) is 12.1 Å². The Labute approximate surface area is 94.6 Å². The molecule has 0 aliphatic heterocycles. The predicted octanol–water partition coefficient (Wildman–Crippen LogP) is 2.26. The van der Waals surface area contributed by atoms with Crippen LogP contribution in [0.3, 0.4) is 0 Å². The number of hydrogen-bond acceptors (Lipinski definition) is 3. The third-order valence-corrected chi connectivity index (χ3v) is 3.02. The van der Waals surface area contributed by atoms with Crippen LogP contribution in [0.25, 0.3) is 0 Å². The largest absolute Gasteiger partial charge is 0.478 e. The van der Waals surface area contributed by atoms with Gasteiger partial charge in [-0.15, -0.1) is 0 Å². The quantitative estimate of drug-likeness (QED) is 0.776. The lowest BCUT2D eigenvalue weighted by molar-refractivity contribution is 0.0696. The number of hydrogen-bond donors (Lipinski definition) is 2. The topological polar surface area (TPSA) is 62.5 Å². The summed E-state index contributed by atoms with van der Waals surface area (Å²) in [5.74, 6) is 0.559. The van der Waals surface area contributed by atoms with Gasteiger partial charge in [0.1, 0.15) is 12.0 Å². The second kappa shape index (κ2) is 4.70. The normalized spacial score (nSPS) is 23.3. The van der Waals surface area contributed by atoms with E-state index in [1.807, 2.05) is 0 Å². The van der Waals surface area contributed by atoms with Crippen LogP contribution in [0.2, 0.25) is 0 Å². The summed E-state index contributed by atoms with van der Waals surface area (Å²) in [6, 6.07) is 2.17. The molecule has 0 bridgehead atoms. The molecule has 1 aromatic rings. The van der Waals surface area contributed by atoms with Gasteiger partial charge in [-0.2, -0.15) is 0 Å². The number of carboxylic acid groups (broad SMARTS) is 1. The molecule has 2 rings (SSSR count). The van der Waals surface area contributed by atoms with Crippen LogP contribution in [0.4, 0.5) is 0 Å². The standard InChI is InChI=1S/C12H17NO3/c1-2-3-8-5-11(8)13-6-10-4-9(7-16-10)12(14)15/h4,7-8,11,13H,2-3,5-6H2,1H3,(H,14,15). The molecule has 1 aromatic heterocycles. The predicted molar refractivity (Wildman–Crippen MR) is 59.3 cm³/mol. The second-order valence-corrected chi connectivity index (χ2v) is 4.38. The lowest BCUT2D eigenvalue weighted by Gasteiger charge is -2.00. The number of carboxylic acids is 1. The molecule has 2 N–H and O–H groups in total. The van der Waals surface area contributed by atoms with E-state index in [-0.39, 0.29) is 5.56 Å². The average Bonchev–Trinajstić information content (AvgIpc) is 2.80. The monoisotopic (exact) mass is 223 g/mol. The van der Waals surface area contributed by atoms with Crippen molar-refractivity contribution in [3.8, 4) is 0 Å². The van der Waals surface area contributed by atoms with Crippen molar-refractivity contribution >= 4 is 5.97 Å². The van der Waals surface area contributed by atoms with E-state index in [2.05, 4.69) is 12.2 Å². The van der Waals surface area contributed by atoms with Crippen molar-refractivity contribution in [1.29, 1.82) is 0 Å². The zero-order valence-electron chi connectivity index (χ0n) is 9.40. The Bertz CT molecular complexity index is 372. The Kier molecular flexibility index (Phi) is 3.29. The minimum Gasteiger partial charge on any atom is -0.478 e. The summed E-state index contributed by atoms with van der Waals surface area (Å²) < 4.78 is 5.16. The summed E-state index contributed by atoms with van der Waals surface area (Å²) in [7, 11) is 0. The first kappa shape index (κ1) is 11.2. The third kappa shape index (κ3) is 2.64. The van der Waals surface area contributed by atoms with Crippen molar-refractivity contribution in [2.45, 2.75) is 38.8 Å². The zero-order valence-corrected chi connectivity index (χ0v) is 9.40. The first-order valence-corrected chi connectivity index (χ1v) is 5.74. The molecule has 0 aromatic carbocycles. The van der Waals surface area contributed by atoms with Crippen molar-refractivity contribution < 1.29 is 14.3 Å². The number of carbonyl (C=O) groups is 1. The maximum absolute atomic E-state index is 10.6. The molecular weight excluding hydrogens is 206 g/mol. The third-order valence-electron chi connectivity index (χ3n) is 3.02. The fraction of sp³-hybridized carbons (Fsp3) is 0.583. The maximum atomic E-state index is 10.6. The van der Waals surface area contributed by atoms with E-state index in [0.29, 0.717) is 18.3 Å². The lowest BCUT2D eigenvalue weighted by Crippen LogP contribution is -2.17. The lowest BCUT2D eigenvalue weighted by atomic mass is 10.2. The molecule has 0 spiro atoms. The molecule has 0 saturated heterocycles. The molecule has 88 valence electrons. The summed E-state index contributed by atoms with van der Waals surface area (Å²) >= 11 is 0. The van der Waals surface area contributed by atoms with E-state index in [0.717, 1.165) is 5.92 Å². The summed E-state index contributed by atoms with van der Waals surface area (Å²) in [4.78, 5) is 10.6. The minimum atomic E-state index is -0.940. The molecule has 2 unspecified atom stereocenters. The molecule has 16 heavy (non-hydrogen) atoms. The molecule has 1 fully saturated rings. The average molecular weight is 223 g/mol. The smallest absolute Gasteiger partial charge is 0.338 e. The molecular formula is C12H17NO3. The fourth-order valence-corrected chi connectivity index (χ4v) is 2.00. The van der Waals surface area contributed by atoms with Crippen LogP contribution in [0.1, 0.15) is 42.3 Å². The van der Waals surface area contributed by atoms with E-state index in [1.165, 1.54) is 25.5 Å². The van der Waals surface area contributed by atoms with Crippen LogP contribution in [-0.2, 0) is 6.54 Å². The highest BCUT2D eigenvalue weighted by Crippen LogP contribution is 2.34. The molecule has 0 radical (unpaired) electrons. The number of furan rings is 1. The molecule has 1 heterocycles. The van der Waals surface area contributed by atoms with Crippen molar-refractivity contribution in [3.05, 3.63) is 23.7 Å². The van der Waals surface area contributed by atoms with Gasteiger partial charge < -0.3 is 14.8 Å². The second-order valence-electron chi connectivity index (χ2n) is 4.38. The highest BCUT2D eigenvalue weighted by Gasteiger charge is 2.35. The Balaban J connectivity index is 1.76. The highest BCUT2D eigenvalue weighted by atomic mass is 16.4. The van der Waals surface area contributed by atoms with Crippen molar-refractivity contribution in [1.82, 2.24) is 5.32 Å². The van der Waals surface area contributed by atoms with Gasteiger partial charge in [0.2, 0.25) is 0 Å². The van der Waals surface area contributed by atoms with E-state index in [4.69, 9.17) is 9.52 Å². The van der Waals surface area contributed by atoms with Crippen molar-refractivity contribution in [3.63, 3.8) is 0 Å². The van der Waals surface area contributed by atoms with E-state index in [1.54, 1.807) is 6.07 Å². The molecule has 0 amide bonds. The Morgan fingerprint density at radius 3 is 3.12 bits per heavy atom. The maximum Gasteiger partial charge on any atom is 0.338 e. The summed E-state index contributed by atoms with van der Waals surface area (Å²) in [5, 5.41) is 12.1. The summed E-state index contributed by atoms with van der Waals surface area (Å²) in [6.45, 7) is 2.82. The van der Waals surface area contributed by atoms with Crippen LogP contribution in [-0.4, -0.2) is 17.1 Å². The molecule has 1 saturated carbocycles. The van der Waals surface area contributed by atoms with Crippen LogP contribution < -0.4 is 5.32 Å². The van der Waals surface area contributed by atoms with Gasteiger partial charge in [0.15, 0.2) is 0 Å². The molecule has 1 aliphatic rings. The van der Waals surface area contributed by atoms with Gasteiger partial charge in [-0.1, -0.05) is 13.3 Å². The van der Waals surface area contributed by atoms with Gasteiger partial charge in [0.25, 0.3) is 0 Å². The summed E-state index contributed by atoms with van der Waals surface area (Å²) in [6.07, 6.45) is 5.03. The van der Waals surface area contributed by atoms with Crippen LogP contribution in [0, 0.1) is 5.92 Å². The Morgan fingerprint density at radius 2 is 2.50 bits per heavy atom. The first-order chi connectivity index (χ1) is 7.70. The Morgan fingerprint density at radius 1 is 1.69 bits per heavy atom. The van der Waals surface area contributed by atoms with Crippen molar-refractivity contribution in [2.75, 3.05) is 0 Å². The van der Waals surface area contributed by atoms with Gasteiger partial charge >= 0.3 is 5.97 Å². The molecule has 4 nitrogen and oxygen atoms in total. The van der Waals surface area contributed by atoms with E-state index < -0.39 is 5.97 Å². The van der Waals surface area contributed by atoms with Gasteiger partial charge in [-0.05, 0) is 24.8 Å². The van der Waals surface area contributed by atoms with Crippen molar-refractivity contribution in [2.24, 2.45) is 5.92 Å². The number of rotatable bonds is 6. The van der Waals surface area contributed by atoms with Gasteiger partial charge in [-0.3, -0.25) is 0 Å². The van der Waals surface area contributed by atoms with Gasteiger partial charge in [-0.25, -0.2) is 4.79 Å². The fourth-order valence-electron chi connectivity index (χ4n) is 2.00. The Hall–Kier alpha value is -1.29. The highest BCUT2D eigenvalue weighted by molar-refractivity contribution is 5.87. The van der Waals surface area contributed by atoms with Gasteiger partial charge in [0, 0.05) is 6.04 Å². The minimum absolute atomic E-state index is 0.220. The van der Waals surface area contributed by atoms with Crippen LogP contribution >= 0.6 is 0 Å². The molecule has 2 atom stereocenters. The van der Waals surface area contributed by atoms with Crippen LogP contribution in [0.5, 0.6) is 0 Å². The zero-order chi connectivity index (χ0) is 11.5. The number of nitrogens with one attached hydrogen (secondary N) is 1. The SMILES string of the molecule is CCCC1CC1NCc1cc(C(=O)O)co1. The van der Waals surface area contributed by atoms with E-state index >= 15 is 0 Å². The summed E-state index contributed by atoms with van der Waals surface area (Å²) in [5.41, 5.74) is 0.220. The molecule has 4 heteroatoms. The molecule has 1 aliphatic carbocycles. The van der Waals surface area contributed by atoms with E-state index in [9.17, 15) is 4.79 Å². The number of aromatic carboxylic acids is 1. The first-order valence-electron chi connectivity index (χ1n) is 5.74.